The zero-order valence-electron chi connectivity index (χ0n) is 16.7. The molecule has 0 unspecified atom stereocenters. The summed E-state index contributed by atoms with van der Waals surface area (Å²) >= 11 is 0. The second kappa shape index (κ2) is 10.4. The zero-order valence-corrected chi connectivity index (χ0v) is 16.7. The van der Waals surface area contributed by atoms with Crippen molar-refractivity contribution in [2.45, 2.75) is 0 Å². The lowest BCUT2D eigenvalue weighted by Gasteiger charge is -2.10. The minimum Gasteiger partial charge on any atom is -0.497 e. The standard InChI is InChI=1S/C18H18N4O9/c1-28-13-5-4-11(15(8-13)29-2)9-19-20-17(23)10-31-18-14(22(26)27)6-12(21(24)25)7-16(18)30-3/h4-9H,10H2,1-3H3,(H,20,23)/b19-9+. The van der Waals surface area contributed by atoms with Gasteiger partial charge in [-0.1, -0.05) is 0 Å². The number of non-ortho nitro benzene ring substituents is 1. The maximum Gasteiger partial charge on any atom is 0.321 e. The summed E-state index contributed by atoms with van der Waals surface area (Å²) in [6.07, 6.45) is 1.32. The third-order valence-corrected chi connectivity index (χ3v) is 3.83. The van der Waals surface area contributed by atoms with Gasteiger partial charge in [0.25, 0.3) is 11.6 Å². The molecule has 0 spiro atoms. The zero-order chi connectivity index (χ0) is 23.0. The predicted octanol–water partition coefficient (Wildman–Crippen LogP) is 2.06. The lowest BCUT2D eigenvalue weighted by Crippen LogP contribution is -2.25. The summed E-state index contributed by atoms with van der Waals surface area (Å²) in [5.74, 6) is -0.391. The molecule has 0 aromatic heterocycles. The van der Waals surface area contributed by atoms with Crippen molar-refractivity contribution in [1.82, 2.24) is 5.43 Å². The Hall–Kier alpha value is -4.42. The molecule has 0 aliphatic carbocycles. The Labute approximate surface area is 175 Å². The van der Waals surface area contributed by atoms with Gasteiger partial charge in [-0.2, -0.15) is 5.10 Å². The first-order valence-corrected chi connectivity index (χ1v) is 8.48. The van der Waals surface area contributed by atoms with Gasteiger partial charge >= 0.3 is 5.69 Å². The fraction of sp³-hybridized carbons (Fsp3) is 0.222. The largest absolute Gasteiger partial charge is 0.497 e. The molecule has 2 rings (SSSR count). The average molecular weight is 434 g/mol. The molecule has 0 saturated heterocycles. The highest BCUT2D eigenvalue weighted by molar-refractivity contribution is 5.86. The molecule has 31 heavy (non-hydrogen) atoms. The van der Waals surface area contributed by atoms with Crippen molar-refractivity contribution < 1.29 is 33.6 Å². The molecule has 0 heterocycles. The Balaban J connectivity index is 2.10. The van der Waals surface area contributed by atoms with E-state index in [0.717, 1.165) is 13.2 Å². The van der Waals surface area contributed by atoms with E-state index < -0.39 is 39.5 Å². The number of hydrogen-bond acceptors (Lipinski definition) is 10. The lowest BCUT2D eigenvalue weighted by molar-refractivity contribution is -0.394. The van der Waals surface area contributed by atoms with Crippen LogP contribution in [0.1, 0.15) is 5.56 Å². The van der Waals surface area contributed by atoms with Crippen LogP contribution in [-0.4, -0.2) is 49.9 Å². The highest BCUT2D eigenvalue weighted by Gasteiger charge is 2.27. The molecule has 0 saturated carbocycles. The highest BCUT2D eigenvalue weighted by atomic mass is 16.6. The minimum atomic E-state index is -0.878. The number of carbonyl (C=O) groups excluding carboxylic acids is 1. The fourth-order valence-corrected chi connectivity index (χ4v) is 2.38. The molecule has 0 bridgehead atoms. The van der Waals surface area contributed by atoms with Gasteiger partial charge in [0, 0.05) is 11.6 Å². The minimum absolute atomic E-state index is 0.264. The third kappa shape index (κ3) is 5.79. The van der Waals surface area contributed by atoms with E-state index in [-0.39, 0.29) is 5.75 Å². The summed E-state index contributed by atoms with van der Waals surface area (Å²) in [5.41, 5.74) is 1.48. The van der Waals surface area contributed by atoms with Crippen LogP contribution in [0.3, 0.4) is 0 Å². The summed E-state index contributed by atoms with van der Waals surface area (Å²) in [7, 11) is 4.12. The van der Waals surface area contributed by atoms with E-state index in [0.29, 0.717) is 23.1 Å². The lowest BCUT2D eigenvalue weighted by atomic mass is 10.2. The fourth-order valence-electron chi connectivity index (χ4n) is 2.38. The Bertz CT molecular complexity index is 1020. The quantitative estimate of drug-likeness (QED) is 0.335. The van der Waals surface area contributed by atoms with Gasteiger partial charge in [0.15, 0.2) is 12.4 Å². The van der Waals surface area contributed by atoms with Gasteiger partial charge in [-0.25, -0.2) is 5.43 Å². The van der Waals surface area contributed by atoms with Crippen LogP contribution in [0, 0.1) is 20.2 Å². The number of amides is 1. The summed E-state index contributed by atoms with van der Waals surface area (Å²) in [6.45, 7) is -0.661. The molecule has 0 fully saturated rings. The normalized spacial score (nSPS) is 10.4. The van der Waals surface area contributed by atoms with E-state index in [9.17, 15) is 25.0 Å². The van der Waals surface area contributed by atoms with Gasteiger partial charge in [-0.05, 0) is 12.1 Å². The molecule has 164 valence electrons. The number of nitro benzene ring substituents is 2. The van der Waals surface area contributed by atoms with Crippen LogP contribution in [0.4, 0.5) is 11.4 Å². The third-order valence-electron chi connectivity index (χ3n) is 3.83. The first kappa shape index (κ1) is 22.9. The van der Waals surface area contributed by atoms with Crippen LogP contribution in [0.15, 0.2) is 35.4 Å². The first-order valence-electron chi connectivity index (χ1n) is 8.48. The molecule has 2 aromatic carbocycles. The monoisotopic (exact) mass is 434 g/mol. The number of nitro groups is 2. The molecular weight excluding hydrogens is 416 g/mol. The molecule has 13 nitrogen and oxygen atoms in total. The Kier molecular flexibility index (Phi) is 7.66. The van der Waals surface area contributed by atoms with Crippen molar-refractivity contribution in [3.05, 3.63) is 56.1 Å². The van der Waals surface area contributed by atoms with Crippen molar-refractivity contribution in [2.75, 3.05) is 27.9 Å². The number of carbonyl (C=O) groups is 1. The molecule has 0 atom stereocenters. The molecule has 1 amide bonds. The summed E-state index contributed by atoms with van der Waals surface area (Å²) in [6, 6.07) is 6.63. The number of hydrazone groups is 1. The van der Waals surface area contributed by atoms with Crippen molar-refractivity contribution in [1.29, 1.82) is 0 Å². The number of hydrogen-bond donors (Lipinski definition) is 1. The molecule has 13 heteroatoms. The van der Waals surface area contributed by atoms with Crippen LogP contribution >= 0.6 is 0 Å². The Morgan fingerprint density at radius 3 is 2.32 bits per heavy atom. The second-order valence-corrected chi connectivity index (χ2v) is 5.70. The molecular formula is C18H18N4O9. The van der Waals surface area contributed by atoms with Crippen LogP contribution in [0.25, 0.3) is 0 Å². The van der Waals surface area contributed by atoms with Gasteiger partial charge in [-0.15, -0.1) is 0 Å². The van der Waals surface area contributed by atoms with Crippen molar-refractivity contribution in [3.8, 4) is 23.0 Å². The van der Waals surface area contributed by atoms with Crippen LogP contribution in [-0.2, 0) is 4.79 Å². The number of ether oxygens (including phenoxy) is 4. The van der Waals surface area contributed by atoms with Crippen molar-refractivity contribution >= 4 is 23.5 Å². The van der Waals surface area contributed by atoms with Gasteiger partial charge in [-0.3, -0.25) is 25.0 Å². The number of nitrogens with zero attached hydrogens (tertiary/aromatic N) is 3. The second-order valence-electron chi connectivity index (χ2n) is 5.70. The van der Waals surface area contributed by atoms with E-state index in [1.165, 1.54) is 20.4 Å². The maximum atomic E-state index is 12.0. The maximum absolute atomic E-state index is 12.0. The molecule has 0 radical (unpaired) electrons. The van der Waals surface area contributed by atoms with Gasteiger partial charge < -0.3 is 18.9 Å². The predicted molar refractivity (Wildman–Crippen MR) is 107 cm³/mol. The van der Waals surface area contributed by atoms with E-state index in [1.54, 1.807) is 18.2 Å². The van der Waals surface area contributed by atoms with Crippen LogP contribution in [0.2, 0.25) is 0 Å². The smallest absolute Gasteiger partial charge is 0.321 e. The van der Waals surface area contributed by atoms with Gasteiger partial charge in [0.05, 0.1) is 49.5 Å². The summed E-state index contributed by atoms with van der Waals surface area (Å²) in [4.78, 5) is 32.5. The van der Waals surface area contributed by atoms with Crippen molar-refractivity contribution in [2.24, 2.45) is 5.10 Å². The van der Waals surface area contributed by atoms with E-state index in [1.807, 2.05) is 0 Å². The van der Waals surface area contributed by atoms with E-state index in [2.05, 4.69) is 10.5 Å². The number of nitrogens with one attached hydrogen (secondary N) is 1. The van der Waals surface area contributed by atoms with Gasteiger partial charge in [0.1, 0.15) is 11.5 Å². The SMILES string of the molecule is COc1ccc(/C=N/NC(=O)COc2c(OC)cc([N+](=O)[O-])cc2[N+](=O)[O-])c(OC)c1. The highest BCUT2D eigenvalue weighted by Crippen LogP contribution is 2.40. The van der Waals surface area contributed by atoms with E-state index in [4.69, 9.17) is 18.9 Å². The Morgan fingerprint density at radius 1 is 1.03 bits per heavy atom. The number of rotatable bonds is 10. The Morgan fingerprint density at radius 2 is 1.74 bits per heavy atom. The number of benzene rings is 2. The van der Waals surface area contributed by atoms with E-state index >= 15 is 0 Å². The molecule has 0 aliphatic heterocycles. The first-order chi connectivity index (χ1) is 14.8. The van der Waals surface area contributed by atoms with Gasteiger partial charge in [0.2, 0.25) is 5.75 Å². The summed E-state index contributed by atoms with van der Waals surface area (Å²) in [5, 5.41) is 26.0. The molecule has 2 aromatic rings. The molecule has 1 N–H and O–H groups in total. The average Bonchev–Trinajstić information content (AvgIpc) is 2.76. The topological polar surface area (TPSA) is 165 Å². The number of methoxy groups -OCH3 is 3. The summed E-state index contributed by atoms with van der Waals surface area (Å²) < 4.78 is 20.4. The van der Waals surface area contributed by atoms with Crippen molar-refractivity contribution in [3.63, 3.8) is 0 Å². The van der Waals surface area contributed by atoms with Crippen LogP contribution < -0.4 is 24.4 Å². The molecule has 0 aliphatic rings. The van der Waals surface area contributed by atoms with Crippen LogP contribution in [0.5, 0.6) is 23.0 Å².